The quantitative estimate of drug-likeness (QED) is 0.862. The van der Waals surface area contributed by atoms with E-state index in [2.05, 4.69) is 5.32 Å². The van der Waals surface area contributed by atoms with E-state index in [1.54, 1.807) is 12.1 Å². The Morgan fingerprint density at radius 1 is 1.38 bits per heavy atom. The fraction of sp³-hybridized carbons (Fsp3) is 0.500. The van der Waals surface area contributed by atoms with Crippen LogP contribution in [-0.2, 0) is 0 Å². The average molecular weight is 244 g/mol. The maximum absolute atomic E-state index is 13.7. The van der Waals surface area contributed by atoms with E-state index in [4.69, 9.17) is 16.3 Å². The highest BCUT2D eigenvalue weighted by Crippen LogP contribution is 2.30. The van der Waals surface area contributed by atoms with Crippen molar-refractivity contribution in [1.29, 1.82) is 0 Å². The summed E-state index contributed by atoms with van der Waals surface area (Å²) in [7, 11) is 0. The van der Waals surface area contributed by atoms with Gasteiger partial charge >= 0.3 is 0 Å². The molecule has 0 unspecified atom stereocenters. The molecule has 2 nitrogen and oxygen atoms in total. The number of benzene rings is 1. The maximum atomic E-state index is 13.7. The normalized spacial score (nSPS) is 19.4. The SMILES string of the molecule is CC1(Oc2cccc(Cl)c2F)CCNCC1. The highest BCUT2D eigenvalue weighted by atomic mass is 35.5. The molecule has 1 heterocycles. The lowest BCUT2D eigenvalue weighted by atomic mass is 9.94. The fourth-order valence-corrected chi connectivity index (χ4v) is 2.05. The highest BCUT2D eigenvalue weighted by molar-refractivity contribution is 6.30. The molecule has 0 spiro atoms. The monoisotopic (exact) mass is 243 g/mol. The molecule has 0 atom stereocenters. The van der Waals surface area contributed by atoms with E-state index < -0.39 is 5.82 Å². The van der Waals surface area contributed by atoms with Gasteiger partial charge in [-0.2, -0.15) is 0 Å². The van der Waals surface area contributed by atoms with Gasteiger partial charge in [-0.05, 0) is 45.0 Å². The van der Waals surface area contributed by atoms with Crippen LogP contribution < -0.4 is 10.1 Å². The highest BCUT2D eigenvalue weighted by Gasteiger charge is 2.29. The van der Waals surface area contributed by atoms with E-state index in [1.807, 2.05) is 6.92 Å². The molecule has 0 saturated carbocycles. The van der Waals surface area contributed by atoms with E-state index in [0.717, 1.165) is 25.9 Å². The van der Waals surface area contributed by atoms with Gasteiger partial charge in [0.1, 0.15) is 5.60 Å². The van der Waals surface area contributed by atoms with Crippen LogP contribution in [0.25, 0.3) is 0 Å². The molecule has 1 aromatic carbocycles. The molecule has 1 aliphatic heterocycles. The number of rotatable bonds is 2. The van der Waals surface area contributed by atoms with Crippen LogP contribution in [0.2, 0.25) is 5.02 Å². The Morgan fingerprint density at radius 2 is 2.06 bits per heavy atom. The number of hydrogen-bond acceptors (Lipinski definition) is 2. The molecule has 0 amide bonds. The van der Waals surface area contributed by atoms with E-state index in [1.165, 1.54) is 6.07 Å². The summed E-state index contributed by atoms with van der Waals surface area (Å²) in [6.45, 7) is 3.81. The Hall–Kier alpha value is -0.800. The van der Waals surface area contributed by atoms with Crippen molar-refractivity contribution >= 4 is 11.6 Å². The van der Waals surface area contributed by atoms with E-state index >= 15 is 0 Å². The van der Waals surface area contributed by atoms with Gasteiger partial charge in [-0.15, -0.1) is 0 Å². The zero-order chi connectivity index (χ0) is 11.6. The maximum Gasteiger partial charge on any atom is 0.183 e. The van der Waals surface area contributed by atoms with Gasteiger partial charge in [0.05, 0.1) is 5.02 Å². The Labute approximate surface area is 99.7 Å². The molecular formula is C12H15ClFNO. The second kappa shape index (κ2) is 4.60. The number of nitrogens with one attached hydrogen (secondary N) is 1. The van der Waals surface area contributed by atoms with Crippen LogP contribution in [0.4, 0.5) is 4.39 Å². The van der Waals surface area contributed by atoms with Gasteiger partial charge in [0.15, 0.2) is 11.6 Å². The van der Waals surface area contributed by atoms with E-state index in [-0.39, 0.29) is 16.4 Å². The van der Waals surface area contributed by atoms with Crippen molar-refractivity contribution in [3.63, 3.8) is 0 Å². The van der Waals surface area contributed by atoms with Crippen molar-refractivity contribution in [3.8, 4) is 5.75 Å². The van der Waals surface area contributed by atoms with Crippen LogP contribution in [0.3, 0.4) is 0 Å². The lowest BCUT2D eigenvalue weighted by Crippen LogP contribution is -2.44. The summed E-state index contributed by atoms with van der Waals surface area (Å²) in [5.74, 6) is -0.221. The largest absolute Gasteiger partial charge is 0.484 e. The summed E-state index contributed by atoms with van der Waals surface area (Å²) in [5.41, 5.74) is -0.295. The molecule has 0 aliphatic carbocycles. The molecule has 4 heteroatoms. The average Bonchev–Trinajstić information content (AvgIpc) is 2.26. The molecule has 0 radical (unpaired) electrons. The number of hydrogen-bond donors (Lipinski definition) is 1. The topological polar surface area (TPSA) is 21.3 Å². The summed E-state index contributed by atoms with van der Waals surface area (Å²) in [6.07, 6.45) is 1.75. The van der Waals surface area contributed by atoms with Gasteiger partial charge in [-0.1, -0.05) is 17.7 Å². The zero-order valence-corrected chi connectivity index (χ0v) is 9.98. The van der Waals surface area contributed by atoms with Gasteiger partial charge in [0.2, 0.25) is 0 Å². The summed E-state index contributed by atoms with van der Waals surface area (Å²) in [5, 5.41) is 3.36. The molecule has 0 bridgehead atoms. The van der Waals surface area contributed by atoms with Gasteiger partial charge in [0, 0.05) is 0 Å². The van der Waals surface area contributed by atoms with Gasteiger partial charge in [-0.25, -0.2) is 4.39 Å². The predicted molar refractivity (Wildman–Crippen MR) is 62.5 cm³/mol. The molecule has 0 aromatic heterocycles. The minimum absolute atomic E-state index is 0.107. The first-order chi connectivity index (χ1) is 7.61. The predicted octanol–water partition coefficient (Wildman–Crippen LogP) is 3.00. The van der Waals surface area contributed by atoms with Crippen molar-refractivity contribution in [1.82, 2.24) is 5.32 Å². The first-order valence-corrected chi connectivity index (χ1v) is 5.82. The fourth-order valence-electron chi connectivity index (χ4n) is 1.89. The van der Waals surface area contributed by atoms with Crippen LogP contribution in [0.15, 0.2) is 18.2 Å². The Morgan fingerprint density at radius 3 is 2.75 bits per heavy atom. The van der Waals surface area contributed by atoms with Crippen LogP contribution in [0.5, 0.6) is 5.75 Å². The third kappa shape index (κ3) is 2.47. The zero-order valence-electron chi connectivity index (χ0n) is 9.22. The van der Waals surface area contributed by atoms with Gasteiger partial charge in [-0.3, -0.25) is 0 Å². The second-order valence-electron chi connectivity index (χ2n) is 4.35. The lowest BCUT2D eigenvalue weighted by molar-refractivity contribution is 0.0515. The Bertz CT molecular complexity index is 377. The molecule has 1 fully saturated rings. The van der Waals surface area contributed by atoms with E-state index in [0.29, 0.717) is 0 Å². The standard InChI is InChI=1S/C12H15ClFNO/c1-12(5-7-15-8-6-12)16-10-4-2-3-9(13)11(10)14/h2-4,15H,5-8H2,1H3. The Kier molecular flexibility index (Phi) is 3.36. The summed E-state index contributed by atoms with van der Waals surface area (Å²) >= 11 is 5.71. The lowest BCUT2D eigenvalue weighted by Gasteiger charge is -2.34. The van der Waals surface area contributed by atoms with Crippen molar-refractivity contribution in [2.45, 2.75) is 25.4 Å². The van der Waals surface area contributed by atoms with Crippen molar-refractivity contribution in [2.24, 2.45) is 0 Å². The molecule has 1 aliphatic rings. The molecule has 2 rings (SSSR count). The number of halogens is 2. The van der Waals surface area contributed by atoms with E-state index in [9.17, 15) is 4.39 Å². The van der Waals surface area contributed by atoms with Crippen LogP contribution in [-0.4, -0.2) is 18.7 Å². The molecule has 88 valence electrons. The summed E-state index contributed by atoms with van der Waals surface area (Å²) in [4.78, 5) is 0. The Balaban J connectivity index is 2.16. The minimum atomic E-state index is -0.469. The molecule has 1 aromatic rings. The smallest absolute Gasteiger partial charge is 0.183 e. The number of piperidine rings is 1. The van der Waals surface area contributed by atoms with Crippen molar-refractivity contribution in [2.75, 3.05) is 13.1 Å². The first-order valence-electron chi connectivity index (χ1n) is 5.44. The third-order valence-electron chi connectivity index (χ3n) is 2.93. The molecule has 1 saturated heterocycles. The molecule has 16 heavy (non-hydrogen) atoms. The van der Waals surface area contributed by atoms with Gasteiger partial charge in [0.25, 0.3) is 0 Å². The molecular weight excluding hydrogens is 229 g/mol. The van der Waals surface area contributed by atoms with Crippen molar-refractivity contribution in [3.05, 3.63) is 29.0 Å². The first kappa shape index (κ1) is 11.7. The summed E-state index contributed by atoms with van der Waals surface area (Å²) < 4.78 is 19.4. The second-order valence-corrected chi connectivity index (χ2v) is 4.76. The van der Waals surface area contributed by atoms with Crippen LogP contribution in [0, 0.1) is 5.82 Å². The summed E-state index contributed by atoms with van der Waals surface area (Å²) in [6, 6.07) is 4.84. The third-order valence-corrected chi connectivity index (χ3v) is 3.23. The minimum Gasteiger partial charge on any atom is -0.484 e. The van der Waals surface area contributed by atoms with Gasteiger partial charge < -0.3 is 10.1 Å². The number of ether oxygens (including phenoxy) is 1. The molecule has 1 N–H and O–H groups in total. The van der Waals surface area contributed by atoms with Crippen LogP contribution >= 0.6 is 11.6 Å². The van der Waals surface area contributed by atoms with Crippen molar-refractivity contribution < 1.29 is 9.13 Å². The van der Waals surface area contributed by atoms with Crippen LogP contribution in [0.1, 0.15) is 19.8 Å².